The molecule has 1 aliphatic carbocycles. The van der Waals surface area contributed by atoms with Crippen LogP contribution < -0.4 is 0 Å². The van der Waals surface area contributed by atoms with Crippen molar-refractivity contribution in [3.05, 3.63) is 59.7 Å². The van der Waals surface area contributed by atoms with Crippen LogP contribution >= 0.6 is 11.8 Å². The number of benzene rings is 1. The molecular weight excluding hydrogens is 272 g/mol. The van der Waals surface area contributed by atoms with Crippen molar-refractivity contribution in [1.82, 2.24) is 0 Å². The lowest BCUT2D eigenvalue weighted by Crippen LogP contribution is -2.03. The van der Waals surface area contributed by atoms with E-state index in [1.54, 1.807) is 0 Å². The maximum Gasteiger partial charge on any atom is 0.0145 e. The predicted molar refractivity (Wildman–Crippen MR) is 97.0 cm³/mol. The average Bonchev–Trinajstić information content (AvgIpc) is 2.52. The third kappa shape index (κ3) is 3.91. The van der Waals surface area contributed by atoms with Crippen molar-refractivity contribution in [2.24, 2.45) is 5.92 Å². The van der Waals surface area contributed by atoms with Gasteiger partial charge in [-0.15, -0.1) is 11.8 Å². The van der Waals surface area contributed by atoms with Gasteiger partial charge in [0.15, 0.2) is 0 Å². The fraction of sp³-hybridized carbons (Fsp3) is 0.400. The highest BCUT2D eigenvalue weighted by atomic mass is 32.2. The fourth-order valence-corrected chi connectivity index (χ4v) is 3.44. The first-order valence-corrected chi connectivity index (χ1v) is 9.06. The summed E-state index contributed by atoms with van der Waals surface area (Å²) in [6.07, 6.45) is 15.6. The highest BCUT2D eigenvalue weighted by Gasteiger charge is 2.16. The first kappa shape index (κ1) is 16.2. The van der Waals surface area contributed by atoms with Crippen molar-refractivity contribution in [2.45, 2.75) is 44.4 Å². The second-order valence-corrected chi connectivity index (χ2v) is 6.70. The minimum absolute atomic E-state index is 0.575. The summed E-state index contributed by atoms with van der Waals surface area (Å²) in [6, 6.07) is 7.02. The molecule has 1 aliphatic rings. The van der Waals surface area contributed by atoms with E-state index in [0.29, 0.717) is 11.8 Å². The van der Waals surface area contributed by atoms with Gasteiger partial charge < -0.3 is 0 Å². The van der Waals surface area contributed by atoms with Crippen LogP contribution in [0.25, 0.3) is 5.57 Å². The third-order valence-corrected chi connectivity index (χ3v) is 5.06. The van der Waals surface area contributed by atoms with E-state index >= 15 is 0 Å². The van der Waals surface area contributed by atoms with Crippen molar-refractivity contribution in [3.8, 4) is 0 Å². The Hall–Kier alpha value is -1.21. The maximum absolute atomic E-state index is 2.42. The Labute approximate surface area is 134 Å². The van der Waals surface area contributed by atoms with Gasteiger partial charge in [0.2, 0.25) is 0 Å². The van der Waals surface area contributed by atoms with Crippen LogP contribution in [0.15, 0.2) is 53.5 Å². The molecule has 0 N–H and O–H groups in total. The molecule has 1 aromatic rings. The summed E-state index contributed by atoms with van der Waals surface area (Å²) in [7, 11) is 0. The van der Waals surface area contributed by atoms with Crippen LogP contribution in [0.3, 0.4) is 0 Å². The monoisotopic (exact) mass is 298 g/mol. The molecule has 2 unspecified atom stereocenters. The average molecular weight is 298 g/mol. The van der Waals surface area contributed by atoms with E-state index in [-0.39, 0.29) is 0 Å². The molecule has 0 nitrogen and oxygen atoms in total. The summed E-state index contributed by atoms with van der Waals surface area (Å²) in [6.45, 7) is 6.74. The Morgan fingerprint density at radius 2 is 2.19 bits per heavy atom. The van der Waals surface area contributed by atoms with Crippen LogP contribution in [0.2, 0.25) is 0 Å². The Bertz CT molecular complexity index is 563. The number of hydrogen-bond donors (Lipinski definition) is 0. The van der Waals surface area contributed by atoms with Crippen LogP contribution in [0.4, 0.5) is 0 Å². The molecule has 0 spiro atoms. The van der Waals surface area contributed by atoms with Gasteiger partial charge in [-0.3, -0.25) is 0 Å². The third-order valence-electron chi connectivity index (χ3n) is 4.26. The maximum atomic E-state index is 2.42. The van der Waals surface area contributed by atoms with Gasteiger partial charge in [-0.25, -0.2) is 0 Å². The first-order chi connectivity index (χ1) is 10.2. The van der Waals surface area contributed by atoms with Gasteiger partial charge in [0.25, 0.3) is 0 Å². The molecule has 0 saturated carbocycles. The zero-order chi connectivity index (χ0) is 15.2. The van der Waals surface area contributed by atoms with Crippen LogP contribution in [0.1, 0.15) is 50.7 Å². The molecule has 1 heteroatoms. The molecule has 0 fully saturated rings. The molecular formula is C20H26S. The lowest BCUT2D eigenvalue weighted by atomic mass is 9.86. The van der Waals surface area contributed by atoms with Crippen molar-refractivity contribution in [1.29, 1.82) is 0 Å². The van der Waals surface area contributed by atoms with Gasteiger partial charge in [-0.05, 0) is 60.6 Å². The number of allylic oxidation sites excluding steroid dienone is 6. The molecule has 112 valence electrons. The molecule has 0 amide bonds. The highest BCUT2D eigenvalue weighted by Crippen LogP contribution is 2.36. The largest absolute Gasteiger partial charge is 0.129 e. The Morgan fingerprint density at radius 3 is 2.86 bits per heavy atom. The predicted octanol–water partition coefficient (Wildman–Crippen LogP) is 6.46. The molecule has 0 aliphatic heterocycles. The Morgan fingerprint density at radius 1 is 1.38 bits per heavy atom. The van der Waals surface area contributed by atoms with Crippen molar-refractivity contribution in [3.63, 3.8) is 0 Å². The van der Waals surface area contributed by atoms with Gasteiger partial charge in [0.1, 0.15) is 0 Å². The second kappa shape index (κ2) is 7.70. The quantitative estimate of drug-likeness (QED) is 0.444. The van der Waals surface area contributed by atoms with E-state index in [0.717, 1.165) is 12.8 Å². The molecule has 0 radical (unpaired) electrons. The zero-order valence-electron chi connectivity index (χ0n) is 13.6. The van der Waals surface area contributed by atoms with Crippen LogP contribution in [-0.4, -0.2) is 6.26 Å². The fourth-order valence-electron chi connectivity index (χ4n) is 2.83. The number of rotatable bonds is 5. The summed E-state index contributed by atoms with van der Waals surface area (Å²) < 4.78 is 0. The van der Waals surface area contributed by atoms with Gasteiger partial charge in [0, 0.05) is 4.90 Å². The molecule has 1 aromatic carbocycles. The van der Waals surface area contributed by atoms with E-state index in [1.807, 2.05) is 11.8 Å². The molecule has 2 rings (SSSR count). The van der Waals surface area contributed by atoms with Gasteiger partial charge >= 0.3 is 0 Å². The SMILES string of the molecule is C/C=C\CC(C)c1ccc(SC)c(C2=CC=CCC2C)c1. The summed E-state index contributed by atoms with van der Waals surface area (Å²) >= 11 is 1.85. The van der Waals surface area contributed by atoms with Crippen LogP contribution in [-0.2, 0) is 0 Å². The highest BCUT2D eigenvalue weighted by molar-refractivity contribution is 7.98. The summed E-state index contributed by atoms with van der Waals surface area (Å²) in [5.74, 6) is 1.19. The lowest BCUT2D eigenvalue weighted by molar-refractivity contribution is 0.752. The Kier molecular flexibility index (Phi) is 5.93. The molecule has 0 bridgehead atoms. The van der Waals surface area contributed by atoms with E-state index in [4.69, 9.17) is 0 Å². The lowest BCUT2D eigenvalue weighted by Gasteiger charge is -2.21. The van der Waals surface area contributed by atoms with Crippen LogP contribution in [0, 0.1) is 5.92 Å². The second-order valence-electron chi connectivity index (χ2n) is 5.85. The van der Waals surface area contributed by atoms with Crippen molar-refractivity contribution in [2.75, 3.05) is 6.26 Å². The molecule has 0 saturated heterocycles. The Balaban J connectivity index is 2.38. The molecule has 0 heterocycles. The molecule has 2 atom stereocenters. The van der Waals surface area contributed by atoms with E-state index in [2.05, 4.69) is 75.6 Å². The van der Waals surface area contributed by atoms with Crippen molar-refractivity contribution < 1.29 is 0 Å². The minimum Gasteiger partial charge on any atom is -0.129 e. The van der Waals surface area contributed by atoms with E-state index < -0.39 is 0 Å². The zero-order valence-corrected chi connectivity index (χ0v) is 14.4. The molecule has 21 heavy (non-hydrogen) atoms. The smallest absolute Gasteiger partial charge is 0.0145 e. The van der Waals surface area contributed by atoms with Crippen LogP contribution in [0.5, 0.6) is 0 Å². The van der Waals surface area contributed by atoms with Gasteiger partial charge in [-0.1, -0.05) is 56.4 Å². The summed E-state index contributed by atoms with van der Waals surface area (Å²) in [5.41, 5.74) is 4.37. The summed E-state index contributed by atoms with van der Waals surface area (Å²) in [4.78, 5) is 1.39. The van der Waals surface area contributed by atoms with Gasteiger partial charge in [0.05, 0.1) is 0 Å². The molecule has 0 aromatic heterocycles. The minimum atomic E-state index is 0.575. The van der Waals surface area contributed by atoms with E-state index in [9.17, 15) is 0 Å². The standard InChI is InChI=1S/C20H26S/c1-5-6-9-15(2)17-12-13-20(21-4)19(14-17)18-11-8-7-10-16(18)3/h5-8,11-16H,9-10H2,1-4H3/b6-5-. The normalized spacial score (nSPS) is 19.8. The van der Waals surface area contributed by atoms with Crippen molar-refractivity contribution >= 4 is 17.3 Å². The number of hydrogen-bond acceptors (Lipinski definition) is 1. The first-order valence-electron chi connectivity index (χ1n) is 7.83. The topological polar surface area (TPSA) is 0 Å². The summed E-state index contributed by atoms with van der Waals surface area (Å²) in [5, 5.41) is 0. The van der Waals surface area contributed by atoms with E-state index in [1.165, 1.54) is 21.6 Å². The van der Waals surface area contributed by atoms with Gasteiger partial charge in [-0.2, -0.15) is 0 Å². The number of thioether (sulfide) groups is 1.